The van der Waals surface area contributed by atoms with E-state index in [1.807, 2.05) is 39.8 Å². The second kappa shape index (κ2) is 11.9. The molecule has 4 amide bonds. The standard InChI is InChI=1S/C22H34N8O2/c1-7-9-15-11-16(10-8-2)24-19(23-15)27-21(31)29-30-22(32)28-20-25-17(13(3)4)12-18(26-20)14(5)6/h11-14H,7-10H2,1-6H3,(H2,23,24,27,29,31)(H2,25,26,28,30,32). The molecular weight excluding hydrogens is 408 g/mol. The Labute approximate surface area is 189 Å². The molecule has 2 heterocycles. The van der Waals surface area contributed by atoms with Crippen molar-refractivity contribution in [2.75, 3.05) is 10.6 Å². The molecule has 174 valence electrons. The van der Waals surface area contributed by atoms with Crippen LogP contribution in [0.2, 0.25) is 0 Å². The van der Waals surface area contributed by atoms with E-state index in [2.05, 4.69) is 55.3 Å². The summed E-state index contributed by atoms with van der Waals surface area (Å²) in [4.78, 5) is 41.9. The second-order valence-electron chi connectivity index (χ2n) is 8.18. The number of hydrogen-bond donors (Lipinski definition) is 4. The molecular formula is C22H34N8O2. The molecule has 32 heavy (non-hydrogen) atoms. The fourth-order valence-corrected chi connectivity index (χ4v) is 2.89. The first-order chi connectivity index (χ1) is 15.2. The summed E-state index contributed by atoms with van der Waals surface area (Å²) in [7, 11) is 0. The summed E-state index contributed by atoms with van der Waals surface area (Å²) < 4.78 is 0. The number of hydrazine groups is 1. The highest BCUT2D eigenvalue weighted by atomic mass is 16.2. The molecule has 10 heteroatoms. The van der Waals surface area contributed by atoms with Crippen molar-refractivity contribution in [2.45, 2.75) is 79.1 Å². The Morgan fingerprint density at radius 1 is 0.719 bits per heavy atom. The number of urea groups is 2. The maximum Gasteiger partial charge on any atom is 0.340 e. The first kappa shape index (κ1) is 25.0. The van der Waals surface area contributed by atoms with E-state index in [4.69, 9.17) is 0 Å². The third kappa shape index (κ3) is 7.75. The molecule has 0 aromatic carbocycles. The van der Waals surface area contributed by atoms with E-state index in [1.54, 1.807) is 0 Å². The van der Waals surface area contributed by atoms with Crippen molar-refractivity contribution in [3.8, 4) is 0 Å². The Morgan fingerprint density at radius 2 is 1.12 bits per heavy atom. The Balaban J connectivity index is 1.98. The van der Waals surface area contributed by atoms with Gasteiger partial charge in [0.2, 0.25) is 11.9 Å². The summed E-state index contributed by atoms with van der Waals surface area (Å²) in [5.41, 5.74) is 7.96. The number of hydrogen-bond acceptors (Lipinski definition) is 6. The summed E-state index contributed by atoms with van der Waals surface area (Å²) in [6, 6.07) is 2.57. The maximum atomic E-state index is 12.2. The van der Waals surface area contributed by atoms with E-state index in [0.717, 1.165) is 48.5 Å². The zero-order valence-corrected chi connectivity index (χ0v) is 19.7. The number of amides is 4. The molecule has 0 fully saturated rings. The Bertz CT molecular complexity index is 880. The average Bonchev–Trinajstić information content (AvgIpc) is 2.72. The smallest absolute Gasteiger partial charge is 0.275 e. The van der Waals surface area contributed by atoms with Crippen molar-refractivity contribution in [2.24, 2.45) is 0 Å². The van der Waals surface area contributed by atoms with Crippen LogP contribution in [0.1, 0.15) is 89.0 Å². The second-order valence-corrected chi connectivity index (χ2v) is 8.18. The van der Waals surface area contributed by atoms with Gasteiger partial charge in [0.15, 0.2) is 0 Å². The van der Waals surface area contributed by atoms with Crippen LogP contribution in [-0.2, 0) is 12.8 Å². The molecule has 0 radical (unpaired) electrons. The molecule has 0 saturated carbocycles. The van der Waals surface area contributed by atoms with Crippen molar-refractivity contribution >= 4 is 24.0 Å². The van der Waals surface area contributed by atoms with Gasteiger partial charge in [-0.25, -0.2) is 40.4 Å². The average molecular weight is 443 g/mol. The van der Waals surface area contributed by atoms with Crippen LogP contribution in [0.4, 0.5) is 21.5 Å². The molecule has 0 atom stereocenters. The van der Waals surface area contributed by atoms with Crippen LogP contribution in [0.3, 0.4) is 0 Å². The zero-order chi connectivity index (χ0) is 23.7. The SMILES string of the molecule is CCCc1cc(CCC)nc(NC(=O)NNC(=O)Nc2nc(C(C)C)cc(C(C)C)n2)n1. The Kier molecular flexibility index (Phi) is 9.30. The number of carbonyl (C=O) groups is 2. The van der Waals surface area contributed by atoms with Crippen molar-refractivity contribution in [1.29, 1.82) is 0 Å². The molecule has 0 spiro atoms. The number of nitrogens with one attached hydrogen (secondary N) is 4. The van der Waals surface area contributed by atoms with Gasteiger partial charge in [0.25, 0.3) is 0 Å². The number of carbonyl (C=O) groups excluding carboxylic acids is 2. The maximum absolute atomic E-state index is 12.2. The molecule has 2 aromatic rings. The number of anilines is 2. The van der Waals surface area contributed by atoms with Gasteiger partial charge < -0.3 is 0 Å². The lowest BCUT2D eigenvalue weighted by atomic mass is 10.1. The summed E-state index contributed by atoms with van der Waals surface area (Å²) in [6.07, 6.45) is 3.47. The van der Waals surface area contributed by atoms with Crippen LogP contribution in [0, 0.1) is 0 Å². The van der Waals surface area contributed by atoms with Crippen LogP contribution >= 0.6 is 0 Å². The number of rotatable bonds is 8. The van der Waals surface area contributed by atoms with Crippen molar-refractivity contribution < 1.29 is 9.59 Å². The summed E-state index contributed by atoms with van der Waals surface area (Å²) >= 11 is 0. The summed E-state index contributed by atoms with van der Waals surface area (Å²) in [5.74, 6) is 0.751. The van der Waals surface area contributed by atoms with Gasteiger partial charge in [-0.15, -0.1) is 0 Å². The molecule has 10 nitrogen and oxygen atoms in total. The molecule has 2 aromatic heterocycles. The lowest BCUT2D eigenvalue weighted by molar-refractivity contribution is 0.237. The van der Waals surface area contributed by atoms with Gasteiger partial charge in [0.05, 0.1) is 0 Å². The highest BCUT2D eigenvalue weighted by molar-refractivity contribution is 5.92. The third-order valence-electron chi connectivity index (χ3n) is 4.53. The topological polar surface area (TPSA) is 134 Å². The largest absolute Gasteiger partial charge is 0.340 e. The van der Waals surface area contributed by atoms with Gasteiger partial charge in [0, 0.05) is 22.8 Å². The van der Waals surface area contributed by atoms with Crippen molar-refractivity contribution in [1.82, 2.24) is 30.8 Å². The minimum absolute atomic E-state index is 0.180. The van der Waals surface area contributed by atoms with Crippen molar-refractivity contribution in [3.63, 3.8) is 0 Å². The van der Waals surface area contributed by atoms with Gasteiger partial charge in [-0.2, -0.15) is 0 Å². The van der Waals surface area contributed by atoms with Crippen molar-refractivity contribution in [3.05, 3.63) is 34.9 Å². The number of aromatic nitrogens is 4. The number of aryl methyl sites for hydroxylation is 2. The monoisotopic (exact) mass is 442 g/mol. The van der Waals surface area contributed by atoms with Crippen LogP contribution in [-0.4, -0.2) is 32.0 Å². The fourth-order valence-electron chi connectivity index (χ4n) is 2.89. The molecule has 0 aliphatic carbocycles. The Hall–Kier alpha value is -3.30. The van der Waals surface area contributed by atoms with E-state index < -0.39 is 12.1 Å². The predicted octanol–water partition coefficient (Wildman–Crippen LogP) is 4.28. The van der Waals surface area contributed by atoms with Gasteiger partial charge in [-0.05, 0) is 36.8 Å². The van der Waals surface area contributed by atoms with Crippen LogP contribution in [0.15, 0.2) is 12.1 Å². The highest BCUT2D eigenvalue weighted by Gasteiger charge is 2.13. The fraction of sp³-hybridized carbons (Fsp3) is 0.545. The molecule has 0 saturated heterocycles. The van der Waals surface area contributed by atoms with E-state index in [0.29, 0.717) is 0 Å². The normalized spacial score (nSPS) is 10.9. The van der Waals surface area contributed by atoms with Gasteiger partial charge in [-0.3, -0.25) is 10.6 Å². The first-order valence-electron chi connectivity index (χ1n) is 11.1. The lowest BCUT2D eigenvalue weighted by Gasteiger charge is -2.13. The van der Waals surface area contributed by atoms with Crippen LogP contribution < -0.4 is 21.5 Å². The minimum Gasteiger partial charge on any atom is -0.275 e. The molecule has 4 N–H and O–H groups in total. The molecule has 0 aliphatic heterocycles. The van der Waals surface area contributed by atoms with Crippen LogP contribution in [0.5, 0.6) is 0 Å². The predicted molar refractivity (Wildman–Crippen MR) is 125 cm³/mol. The molecule has 0 aliphatic rings. The molecule has 0 unspecified atom stereocenters. The van der Waals surface area contributed by atoms with E-state index in [1.165, 1.54) is 0 Å². The van der Waals surface area contributed by atoms with Gasteiger partial charge >= 0.3 is 12.1 Å². The lowest BCUT2D eigenvalue weighted by Crippen LogP contribution is -2.46. The number of nitrogens with zero attached hydrogens (tertiary/aromatic N) is 4. The van der Waals surface area contributed by atoms with E-state index >= 15 is 0 Å². The van der Waals surface area contributed by atoms with Crippen LogP contribution in [0.25, 0.3) is 0 Å². The Morgan fingerprint density at radius 3 is 1.50 bits per heavy atom. The van der Waals surface area contributed by atoms with E-state index in [-0.39, 0.29) is 23.7 Å². The van der Waals surface area contributed by atoms with Gasteiger partial charge in [0.1, 0.15) is 0 Å². The summed E-state index contributed by atoms with van der Waals surface area (Å²) in [6.45, 7) is 12.2. The first-order valence-corrected chi connectivity index (χ1v) is 11.1. The summed E-state index contributed by atoms with van der Waals surface area (Å²) in [5, 5.41) is 5.12. The van der Waals surface area contributed by atoms with Gasteiger partial charge in [-0.1, -0.05) is 54.4 Å². The third-order valence-corrected chi connectivity index (χ3v) is 4.53. The quantitative estimate of drug-likeness (QED) is 0.451. The molecule has 0 bridgehead atoms. The minimum atomic E-state index is -0.664. The zero-order valence-electron chi connectivity index (χ0n) is 19.7. The molecule has 2 rings (SSSR count). The van der Waals surface area contributed by atoms with E-state index in [9.17, 15) is 9.59 Å². The highest BCUT2D eigenvalue weighted by Crippen LogP contribution is 2.19.